The fraction of sp³-hybridized carbons (Fsp3) is 0.278. The number of amides is 1. The van der Waals surface area contributed by atoms with Gasteiger partial charge in [-0.1, -0.05) is 18.2 Å². The molecule has 0 saturated carbocycles. The first kappa shape index (κ1) is 15.9. The highest BCUT2D eigenvalue weighted by Gasteiger charge is 2.12. The van der Waals surface area contributed by atoms with Crippen LogP contribution in [0.15, 0.2) is 42.5 Å². The van der Waals surface area contributed by atoms with Gasteiger partial charge in [-0.05, 0) is 54.8 Å². The number of benzene rings is 2. The Bertz CT molecular complexity index is 665. The average molecular weight is 299 g/mol. The van der Waals surface area contributed by atoms with Crippen molar-refractivity contribution in [3.63, 3.8) is 0 Å². The molecule has 0 aliphatic rings. The van der Waals surface area contributed by atoms with E-state index in [1.807, 2.05) is 44.2 Å². The molecule has 4 heteroatoms. The van der Waals surface area contributed by atoms with E-state index in [1.165, 1.54) is 0 Å². The van der Waals surface area contributed by atoms with Gasteiger partial charge in [0.05, 0.1) is 13.5 Å². The molecule has 1 amide bonds. The van der Waals surface area contributed by atoms with Crippen molar-refractivity contribution in [2.75, 3.05) is 7.11 Å². The molecule has 0 bridgehead atoms. The van der Waals surface area contributed by atoms with Crippen LogP contribution in [0, 0.1) is 0 Å². The van der Waals surface area contributed by atoms with Crippen molar-refractivity contribution < 1.29 is 14.6 Å². The molecular formula is C18H21NO3. The fourth-order valence-corrected chi connectivity index (χ4v) is 2.34. The van der Waals surface area contributed by atoms with Crippen molar-refractivity contribution in [2.24, 2.45) is 0 Å². The number of phenolic OH excluding ortho intramolecular Hbond substituents is 1. The number of carbonyl (C=O) groups excluding carboxylic acids is 1. The Morgan fingerprint density at radius 3 is 2.68 bits per heavy atom. The van der Waals surface area contributed by atoms with Crippen molar-refractivity contribution in [3.05, 3.63) is 48.0 Å². The van der Waals surface area contributed by atoms with Gasteiger partial charge in [0.15, 0.2) is 0 Å². The molecule has 2 aromatic rings. The van der Waals surface area contributed by atoms with Crippen molar-refractivity contribution in [3.8, 4) is 22.6 Å². The predicted octanol–water partition coefficient (Wildman–Crippen LogP) is 3.13. The zero-order valence-electron chi connectivity index (χ0n) is 13.1. The maximum atomic E-state index is 12.0. The maximum absolute atomic E-state index is 12.0. The number of methoxy groups -OCH3 is 1. The van der Waals surface area contributed by atoms with Gasteiger partial charge in [-0.25, -0.2) is 0 Å². The summed E-state index contributed by atoms with van der Waals surface area (Å²) in [6, 6.07) is 12.8. The largest absolute Gasteiger partial charge is 0.508 e. The summed E-state index contributed by atoms with van der Waals surface area (Å²) in [5, 5.41) is 12.6. The van der Waals surface area contributed by atoms with E-state index >= 15 is 0 Å². The molecule has 2 rings (SSSR count). The molecule has 2 aromatic carbocycles. The summed E-state index contributed by atoms with van der Waals surface area (Å²) < 4.78 is 5.24. The van der Waals surface area contributed by atoms with Gasteiger partial charge in [-0.15, -0.1) is 0 Å². The molecule has 0 atom stereocenters. The Balaban J connectivity index is 2.36. The number of carbonyl (C=O) groups is 1. The van der Waals surface area contributed by atoms with Crippen LogP contribution in [-0.2, 0) is 11.2 Å². The fourth-order valence-electron chi connectivity index (χ4n) is 2.34. The molecule has 0 saturated heterocycles. The second-order valence-corrected chi connectivity index (χ2v) is 5.47. The third-order valence-electron chi connectivity index (χ3n) is 3.27. The summed E-state index contributed by atoms with van der Waals surface area (Å²) in [6.07, 6.45) is 0.221. The van der Waals surface area contributed by atoms with Crippen LogP contribution in [0.1, 0.15) is 19.4 Å². The van der Waals surface area contributed by atoms with E-state index in [9.17, 15) is 9.90 Å². The molecule has 0 aromatic heterocycles. The van der Waals surface area contributed by atoms with Crippen LogP contribution in [0.5, 0.6) is 11.5 Å². The Labute approximate surface area is 130 Å². The van der Waals surface area contributed by atoms with Gasteiger partial charge >= 0.3 is 0 Å². The second kappa shape index (κ2) is 6.98. The van der Waals surface area contributed by atoms with E-state index in [-0.39, 0.29) is 24.1 Å². The predicted molar refractivity (Wildman–Crippen MR) is 87.1 cm³/mol. The molecule has 0 heterocycles. The standard InChI is InChI=1S/C18H21NO3/c1-12(2)19-18(21)11-14-9-15(20)7-8-17(14)13-5-4-6-16(10-13)22-3/h4-10,12,20H,11H2,1-3H3,(H,19,21). The molecule has 22 heavy (non-hydrogen) atoms. The summed E-state index contributed by atoms with van der Waals surface area (Å²) in [5.74, 6) is 0.840. The summed E-state index contributed by atoms with van der Waals surface area (Å²) in [5.41, 5.74) is 2.65. The zero-order valence-corrected chi connectivity index (χ0v) is 13.1. The van der Waals surface area contributed by atoms with Crippen molar-refractivity contribution in [1.29, 1.82) is 0 Å². The highest BCUT2D eigenvalue weighted by Crippen LogP contribution is 2.29. The first-order chi connectivity index (χ1) is 10.5. The number of aromatic hydroxyl groups is 1. The highest BCUT2D eigenvalue weighted by atomic mass is 16.5. The van der Waals surface area contributed by atoms with Gasteiger partial charge in [0.25, 0.3) is 0 Å². The molecule has 116 valence electrons. The summed E-state index contributed by atoms with van der Waals surface area (Å²) in [7, 11) is 1.62. The van der Waals surface area contributed by atoms with Crippen LogP contribution in [0.25, 0.3) is 11.1 Å². The normalized spacial score (nSPS) is 10.5. The molecule has 4 nitrogen and oxygen atoms in total. The van der Waals surface area contributed by atoms with E-state index in [0.717, 1.165) is 22.4 Å². The Kier molecular flexibility index (Phi) is 5.04. The summed E-state index contributed by atoms with van der Waals surface area (Å²) >= 11 is 0. The molecule has 0 aliphatic heterocycles. The highest BCUT2D eigenvalue weighted by molar-refractivity contribution is 5.82. The summed E-state index contributed by atoms with van der Waals surface area (Å²) in [6.45, 7) is 3.84. The van der Waals surface area contributed by atoms with Crippen LogP contribution in [0.4, 0.5) is 0 Å². The molecule has 0 fully saturated rings. The SMILES string of the molecule is COc1cccc(-c2ccc(O)cc2CC(=O)NC(C)C)c1. The zero-order chi connectivity index (χ0) is 16.1. The van der Waals surface area contributed by atoms with E-state index in [0.29, 0.717) is 0 Å². The van der Waals surface area contributed by atoms with E-state index in [4.69, 9.17) is 4.74 Å². The lowest BCUT2D eigenvalue weighted by molar-refractivity contribution is -0.120. The van der Waals surface area contributed by atoms with Gasteiger partial charge in [0.2, 0.25) is 5.91 Å². The first-order valence-electron chi connectivity index (χ1n) is 7.25. The lowest BCUT2D eigenvalue weighted by atomic mass is 9.97. The van der Waals surface area contributed by atoms with Gasteiger partial charge in [0.1, 0.15) is 11.5 Å². The molecule has 2 N–H and O–H groups in total. The number of rotatable bonds is 5. The number of hydrogen-bond acceptors (Lipinski definition) is 3. The number of hydrogen-bond donors (Lipinski definition) is 2. The Morgan fingerprint density at radius 1 is 1.23 bits per heavy atom. The second-order valence-electron chi connectivity index (χ2n) is 5.47. The van der Waals surface area contributed by atoms with E-state index in [2.05, 4.69) is 5.32 Å². The number of nitrogens with one attached hydrogen (secondary N) is 1. The van der Waals surface area contributed by atoms with Gasteiger partial charge in [-0.3, -0.25) is 4.79 Å². The van der Waals surface area contributed by atoms with Crippen molar-refractivity contribution in [1.82, 2.24) is 5.32 Å². The monoisotopic (exact) mass is 299 g/mol. The van der Waals surface area contributed by atoms with Gasteiger partial charge < -0.3 is 15.2 Å². The summed E-state index contributed by atoms with van der Waals surface area (Å²) in [4.78, 5) is 12.0. The molecular weight excluding hydrogens is 278 g/mol. The van der Waals surface area contributed by atoms with Crippen molar-refractivity contribution in [2.45, 2.75) is 26.3 Å². The first-order valence-corrected chi connectivity index (χ1v) is 7.25. The van der Waals surface area contributed by atoms with Crippen LogP contribution in [-0.4, -0.2) is 24.2 Å². The number of ether oxygens (including phenoxy) is 1. The quantitative estimate of drug-likeness (QED) is 0.891. The molecule has 0 unspecified atom stereocenters. The minimum Gasteiger partial charge on any atom is -0.508 e. The third kappa shape index (κ3) is 4.01. The minimum absolute atomic E-state index is 0.0650. The Morgan fingerprint density at radius 2 is 2.00 bits per heavy atom. The van der Waals surface area contributed by atoms with Crippen LogP contribution in [0.3, 0.4) is 0 Å². The topological polar surface area (TPSA) is 58.6 Å². The van der Waals surface area contributed by atoms with E-state index in [1.54, 1.807) is 19.2 Å². The lowest BCUT2D eigenvalue weighted by Crippen LogP contribution is -2.31. The van der Waals surface area contributed by atoms with Gasteiger partial charge in [-0.2, -0.15) is 0 Å². The smallest absolute Gasteiger partial charge is 0.224 e. The van der Waals surface area contributed by atoms with Crippen LogP contribution < -0.4 is 10.1 Å². The van der Waals surface area contributed by atoms with Crippen LogP contribution >= 0.6 is 0 Å². The average Bonchev–Trinajstić information content (AvgIpc) is 2.46. The lowest BCUT2D eigenvalue weighted by Gasteiger charge is -2.13. The van der Waals surface area contributed by atoms with E-state index < -0.39 is 0 Å². The van der Waals surface area contributed by atoms with Crippen LogP contribution in [0.2, 0.25) is 0 Å². The van der Waals surface area contributed by atoms with Gasteiger partial charge in [0, 0.05) is 6.04 Å². The Hall–Kier alpha value is -2.49. The third-order valence-corrected chi connectivity index (χ3v) is 3.27. The number of phenols is 1. The molecule has 0 radical (unpaired) electrons. The molecule has 0 aliphatic carbocycles. The maximum Gasteiger partial charge on any atom is 0.224 e. The van der Waals surface area contributed by atoms with Crippen molar-refractivity contribution >= 4 is 5.91 Å². The molecule has 0 spiro atoms. The minimum atomic E-state index is -0.0650.